The van der Waals surface area contributed by atoms with E-state index >= 15 is 0 Å². The van der Waals surface area contributed by atoms with Crippen molar-refractivity contribution in [2.45, 2.75) is 31.9 Å². The van der Waals surface area contributed by atoms with E-state index in [4.69, 9.17) is 9.97 Å². The molecule has 0 unspecified atom stereocenters. The van der Waals surface area contributed by atoms with E-state index < -0.39 is 23.5 Å². The van der Waals surface area contributed by atoms with Gasteiger partial charge in [0.05, 0.1) is 28.9 Å². The summed E-state index contributed by atoms with van der Waals surface area (Å²) in [6.07, 6.45) is -6.93. The number of nitrogens with one attached hydrogen (secondary N) is 1. The van der Waals surface area contributed by atoms with Crippen molar-refractivity contribution in [1.82, 2.24) is 19.9 Å². The van der Waals surface area contributed by atoms with Crippen LogP contribution in [-0.4, -0.2) is 26.4 Å². The van der Waals surface area contributed by atoms with E-state index in [1.54, 1.807) is 6.07 Å². The van der Waals surface area contributed by atoms with Crippen LogP contribution in [0.4, 0.5) is 37.8 Å². The SMILES string of the molecule is FC(F)(F)c1ccc(Nc2nc(CN3CCc4ccccc4C3)nc3cc(-c4ncccc4C(F)(F)F)ccc23)cc1. The molecule has 0 amide bonds. The van der Waals surface area contributed by atoms with Crippen molar-refractivity contribution in [3.8, 4) is 11.3 Å². The normalized spacial score (nSPS) is 14.1. The molecule has 0 spiro atoms. The van der Waals surface area contributed by atoms with Gasteiger partial charge in [0.15, 0.2) is 0 Å². The number of pyridine rings is 1. The molecule has 214 valence electrons. The van der Waals surface area contributed by atoms with Crippen LogP contribution in [0.25, 0.3) is 22.2 Å². The predicted molar refractivity (Wildman–Crippen MR) is 147 cm³/mol. The molecule has 1 N–H and O–H groups in total. The molecule has 3 aromatic carbocycles. The highest BCUT2D eigenvalue weighted by molar-refractivity contribution is 5.93. The van der Waals surface area contributed by atoms with Crippen molar-refractivity contribution < 1.29 is 26.3 Å². The van der Waals surface area contributed by atoms with E-state index in [2.05, 4.69) is 27.3 Å². The minimum atomic E-state index is -4.60. The van der Waals surface area contributed by atoms with Crippen LogP contribution in [0.5, 0.6) is 0 Å². The van der Waals surface area contributed by atoms with Crippen molar-refractivity contribution in [3.05, 3.63) is 113 Å². The van der Waals surface area contributed by atoms with Crippen LogP contribution in [-0.2, 0) is 31.9 Å². The van der Waals surface area contributed by atoms with Crippen LogP contribution in [0.3, 0.4) is 0 Å². The molecule has 42 heavy (non-hydrogen) atoms. The molecule has 0 atom stereocenters. The van der Waals surface area contributed by atoms with Gasteiger partial charge in [0.1, 0.15) is 11.6 Å². The second kappa shape index (κ2) is 10.7. The Labute approximate surface area is 236 Å². The number of hydrogen-bond donors (Lipinski definition) is 1. The number of rotatable bonds is 5. The molecule has 1 aliphatic rings. The van der Waals surface area contributed by atoms with E-state index in [0.29, 0.717) is 41.3 Å². The highest BCUT2D eigenvalue weighted by Gasteiger charge is 2.34. The molecule has 0 saturated carbocycles. The zero-order valence-electron chi connectivity index (χ0n) is 22.0. The summed E-state index contributed by atoms with van der Waals surface area (Å²) in [6, 6.07) is 19.5. The molecule has 0 aliphatic carbocycles. The van der Waals surface area contributed by atoms with Gasteiger partial charge in [0.25, 0.3) is 0 Å². The maximum atomic E-state index is 13.7. The van der Waals surface area contributed by atoms with Crippen LogP contribution in [0.15, 0.2) is 85.1 Å². The number of aromatic nitrogens is 3. The Bertz CT molecular complexity index is 1750. The van der Waals surface area contributed by atoms with Gasteiger partial charge < -0.3 is 5.32 Å². The second-order valence-electron chi connectivity index (χ2n) is 10.0. The van der Waals surface area contributed by atoms with Crippen LogP contribution in [0.2, 0.25) is 0 Å². The number of anilines is 2. The average Bonchev–Trinajstić information content (AvgIpc) is 2.96. The number of hydrogen-bond acceptors (Lipinski definition) is 5. The summed E-state index contributed by atoms with van der Waals surface area (Å²) in [4.78, 5) is 15.6. The lowest BCUT2D eigenvalue weighted by Crippen LogP contribution is -2.30. The molecule has 2 aromatic heterocycles. The third-order valence-electron chi connectivity index (χ3n) is 7.18. The van der Waals surface area contributed by atoms with Gasteiger partial charge >= 0.3 is 12.4 Å². The third-order valence-corrected chi connectivity index (χ3v) is 7.18. The molecule has 0 radical (unpaired) electrons. The first-order valence-corrected chi connectivity index (χ1v) is 13.1. The Kier molecular flexibility index (Phi) is 7.05. The summed E-state index contributed by atoms with van der Waals surface area (Å²) < 4.78 is 80.5. The lowest BCUT2D eigenvalue weighted by atomic mass is 10.00. The molecule has 3 heterocycles. The topological polar surface area (TPSA) is 53.9 Å². The number of alkyl halides is 6. The van der Waals surface area contributed by atoms with Crippen LogP contribution < -0.4 is 5.32 Å². The van der Waals surface area contributed by atoms with Crippen molar-refractivity contribution >= 4 is 22.4 Å². The summed E-state index contributed by atoms with van der Waals surface area (Å²) in [5.74, 6) is 0.751. The van der Waals surface area contributed by atoms with Gasteiger partial charge in [-0.1, -0.05) is 30.3 Å². The number of fused-ring (bicyclic) bond motifs is 2. The minimum absolute atomic E-state index is 0.225. The lowest BCUT2D eigenvalue weighted by Gasteiger charge is -2.28. The molecule has 0 bridgehead atoms. The van der Waals surface area contributed by atoms with Crippen molar-refractivity contribution in [3.63, 3.8) is 0 Å². The second-order valence-corrected chi connectivity index (χ2v) is 10.0. The number of nitrogens with zero attached hydrogens (tertiary/aromatic N) is 4. The Balaban J connectivity index is 1.40. The van der Waals surface area contributed by atoms with Gasteiger partial charge in [-0.25, -0.2) is 9.97 Å². The van der Waals surface area contributed by atoms with E-state index in [1.165, 1.54) is 47.7 Å². The molecule has 5 aromatic rings. The van der Waals surface area contributed by atoms with E-state index in [0.717, 1.165) is 31.2 Å². The van der Waals surface area contributed by atoms with Gasteiger partial charge in [-0.15, -0.1) is 0 Å². The van der Waals surface area contributed by atoms with Crippen LogP contribution in [0.1, 0.15) is 28.1 Å². The Hall–Kier alpha value is -4.51. The van der Waals surface area contributed by atoms with Crippen LogP contribution in [0, 0.1) is 0 Å². The number of benzene rings is 3. The first kappa shape index (κ1) is 27.6. The summed E-state index contributed by atoms with van der Waals surface area (Å²) in [7, 11) is 0. The molecule has 0 saturated heterocycles. The fourth-order valence-corrected chi connectivity index (χ4v) is 5.12. The van der Waals surface area contributed by atoms with Crippen molar-refractivity contribution in [1.29, 1.82) is 0 Å². The first-order valence-electron chi connectivity index (χ1n) is 13.1. The predicted octanol–water partition coefficient (Wildman–Crippen LogP) is 8.03. The summed E-state index contributed by atoms with van der Waals surface area (Å²) in [5.41, 5.74) is 1.57. The van der Waals surface area contributed by atoms with Crippen LogP contribution >= 0.6 is 0 Å². The standard InChI is InChI=1S/C31H23F6N5/c32-30(33,34)22-8-10-23(11-9-22)39-29-24-12-7-20(28-25(31(35,36)37)6-3-14-38-28)16-26(24)40-27(41-29)18-42-15-13-19-4-1-2-5-21(19)17-42/h1-12,14,16H,13,15,17-18H2,(H,39,40,41). The molecule has 5 nitrogen and oxygen atoms in total. The third kappa shape index (κ3) is 5.78. The van der Waals surface area contributed by atoms with Crippen molar-refractivity contribution in [2.75, 3.05) is 11.9 Å². The molecule has 11 heteroatoms. The maximum Gasteiger partial charge on any atom is 0.418 e. The fraction of sp³-hybridized carbons (Fsp3) is 0.194. The van der Waals surface area contributed by atoms with Gasteiger partial charge in [-0.3, -0.25) is 9.88 Å². The van der Waals surface area contributed by atoms with Crippen molar-refractivity contribution in [2.24, 2.45) is 0 Å². The summed E-state index contributed by atoms with van der Waals surface area (Å²) >= 11 is 0. The monoisotopic (exact) mass is 579 g/mol. The number of halogens is 6. The van der Waals surface area contributed by atoms with Gasteiger partial charge in [0.2, 0.25) is 0 Å². The molecule has 0 fully saturated rings. The quantitative estimate of drug-likeness (QED) is 0.214. The maximum absolute atomic E-state index is 13.7. The molecule has 1 aliphatic heterocycles. The minimum Gasteiger partial charge on any atom is -0.340 e. The first-order chi connectivity index (χ1) is 20.0. The Morgan fingerprint density at radius 2 is 1.55 bits per heavy atom. The van der Waals surface area contributed by atoms with E-state index in [1.807, 2.05) is 12.1 Å². The largest absolute Gasteiger partial charge is 0.418 e. The summed E-state index contributed by atoms with van der Waals surface area (Å²) in [6.45, 7) is 1.82. The highest BCUT2D eigenvalue weighted by Crippen LogP contribution is 2.37. The smallest absolute Gasteiger partial charge is 0.340 e. The van der Waals surface area contributed by atoms with E-state index in [-0.39, 0.29) is 11.3 Å². The summed E-state index contributed by atoms with van der Waals surface area (Å²) in [5, 5.41) is 3.58. The fourth-order valence-electron chi connectivity index (χ4n) is 5.12. The van der Waals surface area contributed by atoms with E-state index in [9.17, 15) is 26.3 Å². The van der Waals surface area contributed by atoms with Gasteiger partial charge in [0, 0.05) is 35.9 Å². The Morgan fingerprint density at radius 3 is 2.29 bits per heavy atom. The lowest BCUT2D eigenvalue weighted by molar-refractivity contribution is -0.138. The molecule has 6 rings (SSSR count). The zero-order chi connectivity index (χ0) is 29.5. The van der Waals surface area contributed by atoms with Gasteiger partial charge in [-0.05, 0) is 66.1 Å². The molecular weight excluding hydrogens is 556 g/mol. The Morgan fingerprint density at radius 1 is 0.786 bits per heavy atom. The average molecular weight is 580 g/mol. The van der Waals surface area contributed by atoms with Gasteiger partial charge in [-0.2, -0.15) is 26.3 Å². The molecular formula is C31H23F6N5. The zero-order valence-corrected chi connectivity index (χ0v) is 22.0. The highest BCUT2D eigenvalue weighted by atomic mass is 19.4.